The molecule has 0 bridgehead atoms. The average Bonchev–Trinajstić information content (AvgIpc) is 2.70. The third kappa shape index (κ3) is 3.81. The Morgan fingerprint density at radius 3 is 1.36 bits per heavy atom. The van der Waals surface area contributed by atoms with E-state index in [0.717, 1.165) is 19.0 Å². The maximum Gasteiger partial charge on any atom is 0.112 e. The molecule has 1 nitrogen and oxygen atoms in total. The molecule has 0 aliphatic carbocycles. The predicted molar refractivity (Wildman–Crippen MR) is 109 cm³/mol. The molecule has 0 saturated carbocycles. The van der Waals surface area contributed by atoms with Gasteiger partial charge >= 0.3 is 0 Å². The molecule has 0 heterocycles. The Morgan fingerprint density at radius 2 is 1.00 bits per heavy atom. The molecule has 0 aliphatic heterocycles. The summed E-state index contributed by atoms with van der Waals surface area (Å²) >= 11 is 0. The second kappa shape index (κ2) is 8.61. The largest absolute Gasteiger partial charge is 0.198 e. The maximum atomic E-state index is 8.91. The van der Waals surface area contributed by atoms with Gasteiger partial charge in [-0.2, -0.15) is 5.26 Å². The van der Waals surface area contributed by atoms with Gasteiger partial charge in [0.05, 0.1) is 12.2 Å². The molecule has 0 N–H and O–H groups in total. The van der Waals surface area contributed by atoms with Crippen LogP contribution in [0.1, 0.15) is 19.3 Å². The molecular formula is C23H23NP+. The zero-order chi connectivity index (χ0) is 17.4. The first kappa shape index (κ1) is 17.4. The Bertz CT molecular complexity index is 710. The van der Waals surface area contributed by atoms with E-state index in [1.54, 1.807) is 0 Å². The first-order valence-electron chi connectivity index (χ1n) is 8.80. The lowest BCUT2D eigenvalue weighted by Gasteiger charge is -2.27. The van der Waals surface area contributed by atoms with E-state index >= 15 is 0 Å². The van der Waals surface area contributed by atoms with Gasteiger partial charge in [0.1, 0.15) is 23.2 Å². The Hall–Kier alpha value is -2.42. The van der Waals surface area contributed by atoms with Crippen LogP contribution in [-0.4, -0.2) is 6.16 Å². The van der Waals surface area contributed by atoms with Gasteiger partial charge < -0.3 is 0 Å². The third-order valence-electron chi connectivity index (χ3n) is 4.62. The van der Waals surface area contributed by atoms with Crippen molar-refractivity contribution in [3.8, 4) is 6.07 Å². The number of nitriles is 1. The predicted octanol–water partition coefficient (Wildman–Crippen LogP) is 4.67. The highest BCUT2D eigenvalue weighted by molar-refractivity contribution is 7.95. The van der Waals surface area contributed by atoms with Gasteiger partial charge in [0, 0.05) is 6.42 Å². The minimum absolute atomic E-state index is 0.637. The molecule has 25 heavy (non-hydrogen) atoms. The van der Waals surface area contributed by atoms with Crippen LogP contribution < -0.4 is 15.9 Å². The van der Waals surface area contributed by atoms with Crippen LogP contribution in [-0.2, 0) is 0 Å². The molecule has 124 valence electrons. The Kier molecular flexibility index (Phi) is 5.99. The van der Waals surface area contributed by atoms with Crippen LogP contribution in [0.2, 0.25) is 0 Å². The highest BCUT2D eigenvalue weighted by atomic mass is 31.2. The zero-order valence-corrected chi connectivity index (χ0v) is 15.3. The van der Waals surface area contributed by atoms with Crippen LogP contribution in [0.15, 0.2) is 91.0 Å². The summed E-state index contributed by atoms with van der Waals surface area (Å²) in [5.74, 6) is 0. The zero-order valence-electron chi connectivity index (χ0n) is 14.4. The fraction of sp³-hybridized carbons (Fsp3) is 0.174. The summed E-state index contributed by atoms with van der Waals surface area (Å²) < 4.78 is 0. The number of rotatable bonds is 7. The number of hydrogen-bond donors (Lipinski definition) is 0. The van der Waals surface area contributed by atoms with E-state index in [1.807, 2.05) is 0 Å². The lowest BCUT2D eigenvalue weighted by Crippen LogP contribution is -2.33. The Balaban J connectivity index is 2.15. The van der Waals surface area contributed by atoms with Crippen molar-refractivity contribution in [1.82, 2.24) is 0 Å². The standard InChI is InChI=1S/C23H23NP/c24-19-11-4-12-20-25(21-13-5-1-6-14-21,22-15-7-2-8-16-22)23-17-9-3-10-18-23/h1-3,5-10,13-18H,4,11-12,20H2/q+1. The van der Waals surface area contributed by atoms with Crippen molar-refractivity contribution in [3.63, 3.8) is 0 Å². The minimum Gasteiger partial charge on any atom is -0.198 e. The van der Waals surface area contributed by atoms with Crippen LogP contribution in [0.4, 0.5) is 0 Å². The maximum absolute atomic E-state index is 8.91. The van der Waals surface area contributed by atoms with Gasteiger partial charge in [-0.1, -0.05) is 54.6 Å². The molecule has 0 saturated heterocycles. The average molecular weight is 344 g/mol. The van der Waals surface area contributed by atoms with Crippen LogP contribution in [0.5, 0.6) is 0 Å². The summed E-state index contributed by atoms with van der Waals surface area (Å²) in [6.07, 6.45) is 3.77. The van der Waals surface area contributed by atoms with Crippen molar-refractivity contribution in [1.29, 1.82) is 5.26 Å². The van der Waals surface area contributed by atoms with E-state index in [-0.39, 0.29) is 0 Å². The van der Waals surface area contributed by atoms with Crippen molar-refractivity contribution >= 4 is 23.2 Å². The SMILES string of the molecule is N#CCCCC[P+](c1ccccc1)(c1ccccc1)c1ccccc1. The second-order valence-corrected chi connectivity index (χ2v) is 9.77. The van der Waals surface area contributed by atoms with Gasteiger partial charge in [-0.25, -0.2) is 0 Å². The van der Waals surface area contributed by atoms with Gasteiger partial charge in [0.15, 0.2) is 0 Å². The molecule has 3 rings (SSSR count). The van der Waals surface area contributed by atoms with Crippen LogP contribution >= 0.6 is 7.26 Å². The van der Waals surface area contributed by atoms with E-state index in [4.69, 9.17) is 5.26 Å². The van der Waals surface area contributed by atoms with Crippen molar-refractivity contribution in [2.45, 2.75) is 19.3 Å². The highest BCUT2D eigenvalue weighted by Crippen LogP contribution is 2.55. The molecule has 0 spiro atoms. The number of nitrogens with zero attached hydrogens (tertiary/aromatic N) is 1. The van der Waals surface area contributed by atoms with Crippen molar-refractivity contribution in [2.75, 3.05) is 6.16 Å². The van der Waals surface area contributed by atoms with Gasteiger partial charge in [-0.05, 0) is 49.2 Å². The summed E-state index contributed by atoms with van der Waals surface area (Å²) in [5.41, 5.74) is 0. The summed E-state index contributed by atoms with van der Waals surface area (Å²) in [5, 5.41) is 13.2. The van der Waals surface area contributed by atoms with Crippen molar-refractivity contribution in [3.05, 3.63) is 91.0 Å². The molecule has 3 aromatic rings. The Morgan fingerprint density at radius 1 is 0.600 bits per heavy atom. The third-order valence-corrected chi connectivity index (χ3v) is 9.15. The van der Waals surface area contributed by atoms with Crippen LogP contribution in [0, 0.1) is 11.3 Å². The van der Waals surface area contributed by atoms with Crippen molar-refractivity contribution in [2.24, 2.45) is 0 Å². The van der Waals surface area contributed by atoms with E-state index in [1.165, 1.54) is 15.9 Å². The normalized spacial score (nSPS) is 11.0. The van der Waals surface area contributed by atoms with E-state index < -0.39 is 7.26 Å². The number of hydrogen-bond acceptors (Lipinski definition) is 1. The number of benzene rings is 3. The van der Waals surface area contributed by atoms with Gasteiger partial charge in [0.25, 0.3) is 0 Å². The summed E-state index contributed by atoms with van der Waals surface area (Å²) in [4.78, 5) is 0. The molecule has 0 amide bonds. The minimum atomic E-state index is -1.70. The lowest BCUT2D eigenvalue weighted by atomic mass is 10.3. The number of unbranched alkanes of at least 4 members (excludes halogenated alkanes) is 2. The molecular weight excluding hydrogens is 321 g/mol. The molecule has 0 radical (unpaired) electrons. The molecule has 0 atom stereocenters. The summed E-state index contributed by atoms with van der Waals surface area (Å²) in [7, 11) is -1.70. The van der Waals surface area contributed by atoms with Crippen LogP contribution in [0.25, 0.3) is 0 Å². The van der Waals surface area contributed by atoms with Gasteiger partial charge in [-0.15, -0.1) is 0 Å². The monoisotopic (exact) mass is 344 g/mol. The molecule has 0 fully saturated rings. The first-order valence-corrected chi connectivity index (χ1v) is 10.8. The van der Waals surface area contributed by atoms with Gasteiger partial charge in [-0.3, -0.25) is 0 Å². The fourth-order valence-electron chi connectivity index (χ4n) is 3.43. The molecule has 0 unspecified atom stereocenters. The van der Waals surface area contributed by atoms with E-state index in [2.05, 4.69) is 97.1 Å². The van der Waals surface area contributed by atoms with E-state index in [9.17, 15) is 0 Å². The quantitative estimate of drug-likeness (QED) is 0.451. The van der Waals surface area contributed by atoms with Crippen LogP contribution in [0.3, 0.4) is 0 Å². The summed E-state index contributed by atoms with van der Waals surface area (Å²) in [6.45, 7) is 0. The van der Waals surface area contributed by atoms with Crippen molar-refractivity contribution < 1.29 is 0 Å². The molecule has 0 aliphatic rings. The highest BCUT2D eigenvalue weighted by Gasteiger charge is 2.44. The lowest BCUT2D eigenvalue weighted by molar-refractivity contribution is 0.827. The van der Waals surface area contributed by atoms with E-state index in [0.29, 0.717) is 6.42 Å². The Labute approximate surface area is 151 Å². The second-order valence-electron chi connectivity index (χ2n) is 6.16. The van der Waals surface area contributed by atoms with Gasteiger partial charge in [0.2, 0.25) is 0 Å². The first-order chi connectivity index (χ1) is 12.4. The fourth-order valence-corrected chi connectivity index (χ4v) is 7.85. The summed E-state index contributed by atoms with van der Waals surface area (Å²) in [6, 6.07) is 35.1. The topological polar surface area (TPSA) is 23.8 Å². The molecule has 3 aromatic carbocycles. The molecule has 2 heteroatoms. The smallest absolute Gasteiger partial charge is 0.112 e. The molecule has 0 aromatic heterocycles.